The molecule has 0 radical (unpaired) electrons. The zero-order valence-corrected chi connectivity index (χ0v) is 12.6. The predicted octanol–water partition coefficient (Wildman–Crippen LogP) is 4.42. The summed E-state index contributed by atoms with van der Waals surface area (Å²) < 4.78 is 11.0. The van der Waals surface area contributed by atoms with E-state index in [2.05, 4.69) is 12.2 Å². The number of methoxy groups -OCH3 is 1. The first kappa shape index (κ1) is 14.7. The molecule has 0 saturated carbocycles. The van der Waals surface area contributed by atoms with Crippen molar-refractivity contribution < 1.29 is 9.47 Å². The summed E-state index contributed by atoms with van der Waals surface area (Å²) in [6.45, 7) is 2.06. The number of nitrogens with one attached hydrogen (secondary N) is 1. The lowest BCUT2D eigenvalue weighted by Gasteiger charge is -2.14. The van der Waals surface area contributed by atoms with E-state index < -0.39 is 0 Å². The summed E-state index contributed by atoms with van der Waals surface area (Å²) in [6, 6.07) is 13.4. The largest absolute Gasteiger partial charge is 0.497 e. The van der Waals surface area contributed by atoms with E-state index in [-0.39, 0.29) is 6.04 Å². The molecule has 20 heavy (non-hydrogen) atoms. The third-order valence-corrected chi connectivity index (χ3v) is 3.48. The second-order valence-electron chi connectivity index (χ2n) is 4.47. The van der Waals surface area contributed by atoms with Crippen molar-refractivity contribution >= 4 is 11.6 Å². The minimum atomic E-state index is 0.202. The first-order valence-electron chi connectivity index (χ1n) is 6.42. The Kier molecular flexibility index (Phi) is 4.88. The maximum Gasteiger partial charge on any atom is 0.131 e. The highest BCUT2D eigenvalue weighted by Crippen LogP contribution is 2.30. The molecule has 2 aromatic carbocycles. The number of hydrogen-bond donors (Lipinski definition) is 1. The van der Waals surface area contributed by atoms with Gasteiger partial charge in [0, 0.05) is 17.1 Å². The minimum Gasteiger partial charge on any atom is -0.497 e. The summed E-state index contributed by atoms with van der Waals surface area (Å²) in [5.74, 6) is 2.18. The van der Waals surface area contributed by atoms with Gasteiger partial charge in [0.2, 0.25) is 0 Å². The quantitative estimate of drug-likeness (QED) is 0.884. The molecule has 1 unspecified atom stereocenters. The highest BCUT2D eigenvalue weighted by atomic mass is 35.5. The van der Waals surface area contributed by atoms with Crippen molar-refractivity contribution in [1.82, 2.24) is 5.32 Å². The molecule has 0 aliphatic carbocycles. The molecule has 0 spiro atoms. The molecular formula is C16H18ClNO2. The van der Waals surface area contributed by atoms with Crippen LogP contribution >= 0.6 is 11.6 Å². The van der Waals surface area contributed by atoms with Crippen LogP contribution in [0.2, 0.25) is 5.02 Å². The van der Waals surface area contributed by atoms with E-state index in [1.807, 2.05) is 49.5 Å². The van der Waals surface area contributed by atoms with Gasteiger partial charge in [-0.1, -0.05) is 23.7 Å². The Labute approximate surface area is 124 Å². The summed E-state index contributed by atoms with van der Waals surface area (Å²) in [5.41, 5.74) is 1.05. The zero-order valence-electron chi connectivity index (χ0n) is 11.8. The highest BCUT2D eigenvalue weighted by molar-refractivity contribution is 6.31. The monoisotopic (exact) mass is 291 g/mol. The Morgan fingerprint density at radius 2 is 1.75 bits per heavy atom. The fourth-order valence-corrected chi connectivity index (χ4v) is 2.21. The zero-order chi connectivity index (χ0) is 14.5. The van der Waals surface area contributed by atoms with Crippen molar-refractivity contribution in [2.45, 2.75) is 13.0 Å². The van der Waals surface area contributed by atoms with Crippen LogP contribution in [0.4, 0.5) is 0 Å². The van der Waals surface area contributed by atoms with Gasteiger partial charge in [-0.3, -0.25) is 0 Å². The maximum absolute atomic E-state index is 6.28. The van der Waals surface area contributed by atoms with Crippen molar-refractivity contribution in [3.05, 3.63) is 53.1 Å². The van der Waals surface area contributed by atoms with Crippen LogP contribution in [0.15, 0.2) is 42.5 Å². The van der Waals surface area contributed by atoms with Gasteiger partial charge in [-0.25, -0.2) is 0 Å². The Morgan fingerprint density at radius 3 is 2.40 bits per heavy atom. The van der Waals surface area contributed by atoms with Gasteiger partial charge in [-0.15, -0.1) is 0 Å². The van der Waals surface area contributed by atoms with Gasteiger partial charge in [-0.2, -0.15) is 0 Å². The summed E-state index contributed by atoms with van der Waals surface area (Å²) >= 11 is 6.28. The van der Waals surface area contributed by atoms with Crippen LogP contribution in [-0.4, -0.2) is 14.2 Å². The van der Waals surface area contributed by atoms with Crippen LogP contribution in [0.3, 0.4) is 0 Å². The third-order valence-electron chi connectivity index (χ3n) is 3.15. The van der Waals surface area contributed by atoms with Crippen molar-refractivity contribution in [2.75, 3.05) is 14.2 Å². The molecule has 1 N–H and O–H groups in total. The molecule has 0 saturated heterocycles. The Balaban J connectivity index is 2.19. The SMILES string of the molecule is CNC(C)c1ccc(Oc2cccc(OC)c2)cc1Cl. The molecule has 3 nitrogen and oxygen atoms in total. The summed E-state index contributed by atoms with van der Waals surface area (Å²) in [7, 11) is 3.53. The van der Waals surface area contributed by atoms with Crippen LogP contribution < -0.4 is 14.8 Å². The first-order chi connectivity index (χ1) is 9.63. The van der Waals surface area contributed by atoms with Crippen LogP contribution in [0.5, 0.6) is 17.2 Å². The van der Waals surface area contributed by atoms with Crippen LogP contribution in [0.25, 0.3) is 0 Å². The fraction of sp³-hybridized carbons (Fsp3) is 0.250. The molecule has 0 heterocycles. The van der Waals surface area contributed by atoms with Crippen molar-refractivity contribution in [3.63, 3.8) is 0 Å². The summed E-state index contributed by atoms with van der Waals surface area (Å²) in [4.78, 5) is 0. The van der Waals surface area contributed by atoms with Gasteiger partial charge in [0.05, 0.1) is 7.11 Å². The normalized spacial score (nSPS) is 12.0. The van der Waals surface area contributed by atoms with E-state index in [4.69, 9.17) is 21.1 Å². The Hall–Kier alpha value is -1.71. The summed E-state index contributed by atoms with van der Waals surface area (Å²) in [6.07, 6.45) is 0. The molecule has 0 fully saturated rings. The average molecular weight is 292 g/mol. The molecule has 0 aromatic heterocycles. The molecule has 0 bridgehead atoms. The van der Waals surface area contributed by atoms with Gasteiger partial charge < -0.3 is 14.8 Å². The minimum absolute atomic E-state index is 0.202. The van der Waals surface area contributed by atoms with Crippen LogP contribution in [-0.2, 0) is 0 Å². The van der Waals surface area contributed by atoms with Gasteiger partial charge in [-0.05, 0) is 43.8 Å². The van der Waals surface area contributed by atoms with E-state index in [0.717, 1.165) is 17.1 Å². The van der Waals surface area contributed by atoms with E-state index >= 15 is 0 Å². The van der Waals surface area contributed by atoms with E-state index in [1.54, 1.807) is 7.11 Å². The smallest absolute Gasteiger partial charge is 0.131 e. The molecule has 2 rings (SSSR count). The molecule has 106 valence electrons. The van der Waals surface area contributed by atoms with Crippen molar-refractivity contribution in [2.24, 2.45) is 0 Å². The number of benzene rings is 2. The molecule has 0 amide bonds. The second-order valence-corrected chi connectivity index (χ2v) is 4.88. The Morgan fingerprint density at radius 1 is 1.05 bits per heavy atom. The van der Waals surface area contributed by atoms with Gasteiger partial charge in [0.15, 0.2) is 0 Å². The predicted molar refractivity (Wildman–Crippen MR) is 82.0 cm³/mol. The van der Waals surface area contributed by atoms with Crippen molar-refractivity contribution in [3.8, 4) is 17.2 Å². The van der Waals surface area contributed by atoms with E-state index in [1.165, 1.54) is 0 Å². The number of rotatable bonds is 5. The topological polar surface area (TPSA) is 30.5 Å². The lowest BCUT2D eigenvalue weighted by Crippen LogP contribution is -2.12. The van der Waals surface area contributed by atoms with E-state index in [0.29, 0.717) is 10.8 Å². The van der Waals surface area contributed by atoms with Crippen LogP contribution in [0.1, 0.15) is 18.5 Å². The van der Waals surface area contributed by atoms with Gasteiger partial charge in [0.1, 0.15) is 17.2 Å². The van der Waals surface area contributed by atoms with Gasteiger partial charge >= 0.3 is 0 Å². The molecular weight excluding hydrogens is 274 g/mol. The Bertz CT molecular complexity index is 586. The molecule has 4 heteroatoms. The standard InChI is InChI=1S/C16H18ClNO2/c1-11(18-2)15-8-7-14(10-16(15)17)20-13-6-4-5-12(9-13)19-3/h4-11,18H,1-3H3. The molecule has 0 aliphatic rings. The summed E-state index contributed by atoms with van der Waals surface area (Å²) in [5, 5.41) is 3.85. The first-order valence-corrected chi connectivity index (χ1v) is 6.80. The van der Waals surface area contributed by atoms with E-state index in [9.17, 15) is 0 Å². The number of halogens is 1. The van der Waals surface area contributed by atoms with Gasteiger partial charge in [0.25, 0.3) is 0 Å². The lowest BCUT2D eigenvalue weighted by molar-refractivity contribution is 0.409. The molecule has 1 atom stereocenters. The maximum atomic E-state index is 6.28. The van der Waals surface area contributed by atoms with Crippen LogP contribution in [0, 0.1) is 0 Å². The third kappa shape index (κ3) is 3.44. The molecule has 2 aromatic rings. The van der Waals surface area contributed by atoms with Crippen molar-refractivity contribution in [1.29, 1.82) is 0 Å². The number of ether oxygens (including phenoxy) is 2. The average Bonchev–Trinajstić information content (AvgIpc) is 2.47. The lowest BCUT2D eigenvalue weighted by atomic mass is 10.1. The fourth-order valence-electron chi connectivity index (χ4n) is 1.88. The highest BCUT2D eigenvalue weighted by Gasteiger charge is 2.09. The second kappa shape index (κ2) is 6.64. The molecule has 0 aliphatic heterocycles. The number of hydrogen-bond acceptors (Lipinski definition) is 3.